The second kappa shape index (κ2) is 11.0. The Kier molecular flexibility index (Phi) is 10.3. The lowest BCUT2D eigenvalue weighted by Gasteiger charge is -2.36. The van der Waals surface area contributed by atoms with Crippen LogP contribution in [0.1, 0.15) is 39.0 Å². The molecule has 0 saturated heterocycles. The molecule has 0 saturated carbocycles. The molecule has 0 bridgehead atoms. The van der Waals surface area contributed by atoms with Gasteiger partial charge in [-0.1, -0.05) is 76.5 Å². The molecule has 3 atom stereocenters. The van der Waals surface area contributed by atoms with Gasteiger partial charge in [-0.2, -0.15) is 0 Å². The van der Waals surface area contributed by atoms with E-state index in [0.29, 0.717) is 5.76 Å². The Hall–Kier alpha value is 0.180. The molecule has 1 aliphatic rings. The zero-order chi connectivity index (χ0) is 21.7. The summed E-state index contributed by atoms with van der Waals surface area (Å²) in [6, 6.07) is -1.54. The largest absolute Gasteiger partial charge is 0.499 e. The van der Waals surface area contributed by atoms with E-state index in [1.807, 2.05) is 0 Å². The van der Waals surface area contributed by atoms with Crippen molar-refractivity contribution in [3.8, 4) is 0 Å². The van der Waals surface area contributed by atoms with Crippen molar-refractivity contribution in [2.45, 2.75) is 64.9 Å². The first-order valence-corrected chi connectivity index (χ1v) is 10.7. The van der Waals surface area contributed by atoms with E-state index in [2.05, 4.69) is 5.32 Å². The predicted molar refractivity (Wildman–Crippen MR) is 113 cm³/mol. The molecule has 2 N–H and O–H groups in total. The zero-order valence-corrected chi connectivity index (χ0v) is 19.8. The topological polar surface area (TPSA) is 78.9 Å². The van der Waals surface area contributed by atoms with Crippen molar-refractivity contribution in [2.24, 2.45) is 0 Å². The molecule has 162 valence electrons. The predicted octanol–water partition coefficient (Wildman–Crippen LogP) is 4.24. The van der Waals surface area contributed by atoms with Gasteiger partial charge in [0.15, 0.2) is 7.59 Å². The van der Waals surface area contributed by atoms with Crippen molar-refractivity contribution in [3.05, 3.63) is 11.8 Å². The molecular formula is C16H22Cl6N2O4. The Morgan fingerprint density at radius 3 is 2.29 bits per heavy atom. The first-order valence-electron chi connectivity index (χ1n) is 8.48. The molecule has 0 fully saturated rings. The summed E-state index contributed by atoms with van der Waals surface area (Å²) < 4.78 is 2.13. The number of carbonyl (C=O) groups excluding carboxylic acids is 2. The molecular weight excluding hydrogens is 497 g/mol. The number of hydrogen-bond acceptors (Lipinski definition) is 4. The molecule has 0 aromatic heterocycles. The summed E-state index contributed by atoms with van der Waals surface area (Å²) in [5, 5.41) is 13.6. The highest BCUT2D eigenvalue weighted by Gasteiger charge is 2.42. The third kappa shape index (κ3) is 8.50. The zero-order valence-electron chi connectivity index (χ0n) is 15.2. The first kappa shape index (κ1) is 26.2. The van der Waals surface area contributed by atoms with E-state index in [1.165, 1.54) is 18.1 Å². The third-order valence-corrected chi connectivity index (χ3v) is 5.31. The fraction of sp³-hybridized carbons (Fsp3) is 0.750. The van der Waals surface area contributed by atoms with Crippen LogP contribution >= 0.6 is 69.6 Å². The van der Waals surface area contributed by atoms with E-state index in [1.54, 1.807) is 6.92 Å². The maximum absolute atomic E-state index is 12.5. The quantitative estimate of drug-likeness (QED) is 0.447. The summed E-state index contributed by atoms with van der Waals surface area (Å²) in [4.78, 5) is 25.6. The number of aliphatic hydroxyl groups is 1. The minimum atomic E-state index is -1.57. The lowest BCUT2D eigenvalue weighted by molar-refractivity contribution is -0.142. The molecule has 0 aromatic carbocycles. The van der Waals surface area contributed by atoms with Crippen LogP contribution < -0.4 is 5.32 Å². The first-order chi connectivity index (χ1) is 12.8. The van der Waals surface area contributed by atoms with Crippen molar-refractivity contribution < 1.29 is 19.4 Å². The number of amides is 2. The summed E-state index contributed by atoms with van der Waals surface area (Å²) in [5.41, 5.74) is 0. The number of ether oxygens (including phenoxy) is 1. The van der Waals surface area contributed by atoms with Gasteiger partial charge in [0.25, 0.3) is 5.91 Å². The molecule has 3 unspecified atom stereocenters. The van der Waals surface area contributed by atoms with Crippen LogP contribution in [0.3, 0.4) is 0 Å². The van der Waals surface area contributed by atoms with Crippen LogP contribution in [0.5, 0.6) is 0 Å². The van der Waals surface area contributed by atoms with Gasteiger partial charge in [0, 0.05) is 12.5 Å². The maximum Gasteiger partial charge on any atom is 0.252 e. The molecule has 1 aliphatic heterocycles. The SMILES string of the molecule is CCC(=O)NC(CCC(Cl)(Cl)Cl)C(O)N1C(=O)C=C(OC)C1CCC(Cl)(Cl)Cl. The molecule has 0 aliphatic carbocycles. The van der Waals surface area contributed by atoms with Crippen molar-refractivity contribution in [1.29, 1.82) is 0 Å². The Labute approximate surface area is 194 Å². The second-order valence-electron chi connectivity index (χ2n) is 6.26. The van der Waals surface area contributed by atoms with Crippen molar-refractivity contribution >= 4 is 81.4 Å². The summed E-state index contributed by atoms with van der Waals surface area (Å²) in [6.07, 6.45) is 0.530. The summed E-state index contributed by atoms with van der Waals surface area (Å²) in [5.74, 6) is -0.499. The van der Waals surface area contributed by atoms with Gasteiger partial charge in [-0.15, -0.1) is 0 Å². The highest BCUT2D eigenvalue weighted by molar-refractivity contribution is 6.67. The average Bonchev–Trinajstić information content (AvgIpc) is 2.89. The lowest BCUT2D eigenvalue weighted by atomic mass is 10.1. The van der Waals surface area contributed by atoms with Crippen LogP contribution in [-0.2, 0) is 14.3 Å². The van der Waals surface area contributed by atoms with Crippen LogP contribution in [0.15, 0.2) is 11.8 Å². The third-order valence-electron chi connectivity index (χ3n) is 4.17. The standard InChI is InChI=1S/C16H22Cl6N2O4/c1-3-12(25)23-9(4-6-15(17,18)19)14(27)24-10(5-7-16(20,21)22)11(28-2)8-13(24)26/h8-10,14,27H,3-7H2,1-2H3,(H,23,25). The van der Waals surface area contributed by atoms with Crippen LogP contribution in [-0.4, -0.2) is 54.8 Å². The molecule has 6 nitrogen and oxygen atoms in total. The van der Waals surface area contributed by atoms with Gasteiger partial charge in [-0.25, -0.2) is 0 Å². The summed E-state index contributed by atoms with van der Waals surface area (Å²) >= 11 is 34.8. The number of carbonyl (C=O) groups is 2. The van der Waals surface area contributed by atoms with Crippen LogP contribution in [0.2, 0.25) is 0 Å². The minimum absolute atomic E-state index is 0.0504. The number of halogens is 6. The van der Waals surface area contributed by atoms with Crippen molar-refractivity contribution in [2.75, 3.05) is 7.11 Å². The Morgan fingerprint density at radius 2 is 1.82 bits per heavy atom. The number of methoxy groups -OCH3 is 1. The van der Waals surface area contributed by atoms with E-state index in [-0.39, 0.29) is 38.0 Å². The number of hydrogen-bond donors (Lipinski definition) is 2. The van der Waals surface area contributed by atoms with Gasteiger partial charge in [0.1, 0.15) is 12.0 Å². The Morgan fingerprint density at radius 1 is 1.25 bits per heavy atom. The number of nitrogens with zero attached hydrogens (tertiary/aromatic N) is 1. The molecule has 12 heteroatoms. The van der Waals surface area contributed by atoms with Gasteiger partial charge in [-0.3, -0.25) is 9.59 Å². The fourth-order valence-corrected chi connectivity index (χ4v) is 3.45. The normalized spacial score (nSPS) is 20.0. The van der Waals surface area contributed by atoms with Crippen LogP contribution in [0, 0.1) is 0 Å². The van der Waals surface area contributed by atoms with Gasteiger partial charge >= 0.3 is 0 Å². The molecule has 0 spiro atoms. The van der Waals surface area contributed by atoms with E-state index in [0.717, 1.165) is 0 Å². The molecule has 2 amide bonds. The molecule has 1 rings (SSSR count). The summed E-state index contributed by atoms with van der Waals surface area (Å²) in [6.45, 7) is 1.66. The monoisotopic (exact) mass is 516 g/mol. The Balaban J connectivity index is 3.05. The van der Waals surface area contributed by atoms with Crippen LogP contribution in [0.25, 0.3) is 0 Å². The van der Waals surface area contributed by atoms with E-state index in [4.69, 9.17) is 74.3 Å². The number of alkyl halides is 6. The Bertz CT molecular complexity index is 591. The van der Waals surface area contributed by atoms with E-state index in [9.17, 15) is 14.7 Å². The summed E-state index contributed by atoms with van der Waals surface area (Å²) in [7, 11) is 1.40. The molecule has 0 radical (unpaired) electrons. The van der Waals surface area contributed by atoms with Crippen molar-refractivity contribution in [1.82, 2.24) is 10.2 Å². The number of nitrogens with one attached hydrogen (secondary N) is 1. The van der Waals surface area contributed by atoms with Gasteiger partial charge in [-0.05, 0) is 25.7 Å². The van der Waals surface area contributed by atoms with Gasteiger partial charge < -0.3 is 20.1 Å². The molecule has 0 aromatic rings. The van der Waals surface area contributed by atoms with Crippen molar-refractivity contribution in [3.63, 3.8) is 0 Å². The lowest BCUT2D eigenvalue weighted by Crippen LogP contribution is -2.55. The fourth-order valence-electron chi connectivity index (χ4n) is 2.79. The van der Waals surface area contributed by atoms with E-state index < -0.39 is 31.8 Å². The van der Waals surface area contributed by atoms with Gasteiger partial charge in [0.2, 0.25) is 5.91 Å². The maximum atomic E-state index is 12.5. The highest BCUT2D eigenvalue weighted by atomic mass is 35.6. The molecule has 1 heterocycles. The second-order valence-corrected chi connectivity index (χ2v) is 11.3. The molecule has 28 heavy (non-hydrogen) atoms. The van der Waals surface area contributed by atoms with Gasteiger partial charge in [0.05, 0.1) is 19.2 Å². The average molecular weight is 519 g/mol. The number of aliphatic hydroxyl groups excluding tert-OH is 1. The van der Waals surface area contributed by atoms with Crippen LogP contribution in [0.4, 0.5) is 0 Å². The number of rotatable bonds is 9. The highest BCUT2D eigenvalue weighted by Crippen LogP contribution is 2.37. The smallest absolute Gasteiger partial charge is 0.252 e. The van der Waals surface area contributed by atoms with E-state index >= 15 is 0 Å². The minimum Gasteiger partial charge on any atom is -0.499 e.